The molecule has 0 aliphatic heterocycles. The van der Waals surface area contributed by atoms with Crippen molar-refractivity contribution in [2.75, 3.05) is 19.8 Å². The zero-order valence-corrected chi connectivity index (χ0v) is 26.0. The lowest BCUT2D eigenvalue weighted by atomic mass is 10.4. The SMILES string of the molecule is C[Si](C)C(Cl)CCO[Si](OCCC(Cl)[Si](C)C)(OCCC(Cl)[Si](C)C)c1ccccc1. The van der Waals surface area contributed by atoms with Crippen LogP contribution >= 0.6 is 34.8 Å². The number of halogens is 3. The molecule has 0 bridgehead atoms. The molecule has 1 aromatic rings. The first-order chi connectivity index (χ1) is 14.6. The molecule has 10 heteroatoms. The number of benzene rings is 1. The van der Waals surface area contributed by atoms with Crippen LogP contribution in [-0.4, -0.2) is 70.0 Å². The lowest BCUT2D eigenvalue weighted by Crippen LogP contribution is -2.57. The van der Waals surface area contributed by atoms with Crippen LogP contribution in [0.5, 0.6) is 0 Å². The van der Waals surface area contributed by atoms with Crippen molar-refractivity contribution in [1.82, 2.24) is 0 Å². The molecule has 1 rings (SSSR count). The highest BCUT2D eigenvalue weighted by Gasteiger charge is 2.44. The topological polar surface area (TPSA) is 27.7 Å². The standard InChI is InChI=1S/C21H38Cl3O3Si4/c1-28(2)19(22)12-15-25-31(18-10-8-7-9-11-18,26-16-13-20(23)29(3)4)27-17-14-21(24)30(5)6/h7-11,19-21H,12-17H2,1-6H3. The molecule has 3 nitrogen and oxygen atoms in total. The van der Waals surface area contributed by atoms with Gasteiger partial charge in [0.05, 0.1) is 26.4 Å². The molecule has 0 N–H and O–H groups in total. The van der Waals surface area contributed by atoms with E-state index in [1.807, 2.05) is 30.3 Å². The highest BCUT2D eigenvalue weighted by atomic mass is 35.5. The lowest BCUT2D eigenvalue weighted by Gasteiger charge is -2.31. The maximum absolute atomic E-state index is 6.52. The van der Waals surface area contributed by atoms with Crippen molar-refractivity contribution in [2.24, 2.45) is 0 Å². The molecule has 3 atom stereocenters. The molecule has 0 heterocycles. The van der Waals surface area contributed by atoms with Crippen molar-refractivity contribution in [3.05, 3.63) is 30.3 Å². The molecule has 0 saturated carbocycles. The summed E-state index contributed by atoms with van der Waals surface area (Å²) in [7, 11) is -4.85. The van der Waals surface area contributed by atoms with E-state index in [0.717, 1.165) is 24.4 Å². The Morgan fingerprint density at radius 3 is 1.26 bits per heavy atom. The van der Waals surface area contributed by atoms with Gasteiger partial charge >= 0.3 is 8.80 Å². The number of hydrogen-bond donors (Lipinski definition) is 0. The van der Waals surface area contributed by atoms with Gasteiger partial charge in [-0.1, -0.05) is 69.6 Å². The number of rotatable bonds is 16. The second-order valence-electron chi connectivity index (χ2n) is 8.47. The molecule has 3 radical (unpaired) electrons. The second kappa shape index (κ2) is 15.7. The van der Waals surface area contributed by atoms with E-state index in [0.29, 0.717) is 19.8 Å². The Morgan fingerprint density at radius 1 is 0.645 bits per heavy atom. The van der Waals surface area contributed by atoms with Crippen molar-refractivity contribution in [1.29, 1.82) is 0 Å². The first kappa shape index (κ1) is 29.9. The van der Waals surface area contributed by atoms with E-state index in [-0.39, 0.29) is 15.0 Å². The molecule has 0 spiro atoms. The van der Waals surface area contributed by atoms with Crippen molar-refractivity contribution >= 4 is 75.2 Å². The summed E-state index contributed by atoms with van der Waals surface area (Å²) in [4.78, 5) is 0. The summed E-state index contributed by atoms with van der Waals surface area (Å²) in [5.41, 5.74) is 0. The Bertz CT molecular complexity index is 546. The van der Waals surface area contributed by atoms with Crippen molar-refractivity contribution in [3.63, 3.8) is 0 Å². The monoisotopic (exact) mass is 555 g/mol. The highest BCUT2D eigenvalue weighted by Crippen LogP contribution is 2.18. The van der Waals surface area contributed by atoms with Crippen LogP contribution in [0.25, 0.3) is 0 Å². The van der Waals surface area contributed by atoms with E-state index in [9.17, 15) is 0 Å². The van der Waals surface area contributed by atoms with Gasteiger partial charge in [0.25, 0.3) is 0 Å². The minimum Gasteiger partial charge on any atom is -0.370 e. The lowest BCUT2D eigenvalue weighted by molar-refractivity contribution is 0.0722. The summed E-state index contributed by atoms with van der Waals surface area (Å²) in [5.74, 6) is 0. The Balaban J connectivity index is 3.00. The van der Waals surface area contributed by atoms with Crippen LogP contribution in [0, 0.1) is 0 Å². The molecule has 0 fully saturated rings. The van der Waals surface area contributed by atoms with Crippen LogP contribution in [0.2, 0.25) is 39.3 Å². The summed E-state index contributed by atoms with van der Waals surface area (Å²) < 4.78 is 19.4. The van der Waals surface area contributed by atoms with Gasteiger partial charge in [-0.05, 0) is 19.3 Å². The van der Waals surface area contributed by atoms with Gasteiger partial charge in [0.2, 0.25) is 0 Å². The van der Waals surface area contributed by atoms with Gasteiger partial charge in [-0.3, -0.25) is 0 Å². The minimum absolute atomic E-state index is 0.155. The molecule has 0 aromatic heterocycles. The van der Waals surface area contributed by atoms with Crippen molar-refractivity contribution in [2.45, 2.75) is 73.5 Å². The predicted octanol–water partition coefficient (Wildman–Crippen LogP) is 5.76. The molecule has 0 aliphatic carbocycles. The third-order valence-electron chi connectivity index (χ3n) is 5.00. The molecule has 1 aromatic carbocycles. The first-order valence-corrected chi connectivity index (χ1v) is 21.7. The fourth-order valence-electron chi connectivity index (χ4n) is 2.77. The Morgan fingerprint density at radius 2 is 0.968 bits per heavy atom. The van der Waals surface area contributed by atoms with Gasteiger partial charge in [-0.2, -0.15) is 0 Å². The van der Waals surface area contributed by atoms with Crippen LogP contribution in [-0.2, 0) is 13.3 Å². The van der Waals surface area contributed by atoms with Gasteiger partial charge in [-0.15, -0.1) is 34.8 Å². The molecular formula is C21H38Cl3O3Si4. The highest BCUT2D eigenvalue weighted by molar-refractivity contribution is 6.75. The maximum atomic E-state index is 6.52. The fourth-order valence-corrected chi connectivity index (χ4v) is 7.64. The third-order valence-corrected chi connectivity index (χ3v) is 17.0. The summed E-state index contributed by atoms with van der Waals surface area (Å²) >= 11 is 19.6. The third kappa shape index (κ3) is 11.2. The fraction of sp³-hybridized carbons (Fsp3) is 0.714. The minimum atomic E-state index is -3.12. The van der Waals surface area contributed by atoms with Gasteiger partial charge in [0, 0.05) is 40.0 Å². The molecule has 0 aliphatic rings. The molecule has 177 valence electrons. The quantitative estimate of drug-likeness (QED) is 0.191. The summed E-state index contributed by atoms with van der Waals surface area (Å²) in [5, 5.41) is 1.45. The van der Waals surface area contributed by atoms with Crippen LogP contribution in [0.4, 0.5) is 0 Å². The molecule has 31 heavy (non-hydrogen) atoms. The van der Waals surface area contributed by atoms with Crippen molar-refractivity contribution in [3.8, 4) is 0 Å². The Labute approximate surface area is 211 Å². The maximum Gasteiger partial charge on any atom is 0.537 e. The Hall–Kier alpha value is 0.838. The van der Waals surface area contributed by atoms with Crippen LogP contribution < -0.4 is 5.19 Å². The molecule has 0 saturated heterocycles. The smallest absolute Gasteiger partial charge is 0.370 e. The van der Waals surface area contributed by atoms with Gasteiger partial charge < -0.3 is 13.3 Å². The van der Waals surface area contributed by atoms with E-state index in [1.54, 1.807) is 0 Å². The number of alkyl halides is 3. The number of hydrogen-bond acceptors (Lipinski definition) is 3. The largest absolute Gasteiger partial charge is 0.537 e. The average Bonchev–Trinajstić information content (AvgIpc) is 2.73. The van der Waals surface area contributed by atoms with Crippen LogP contribution in [0.3, 0.4) is 0 Å². The summed E-state index contributed by atoms with van der Waals surface area (Å²) in [6, 6.07) is 10.1. The zero-order valence-electron chi connectivity index (χ0n) is 19.7. The van der Waals surface area contributed by atoms with E-state index in [2.05, 4.69) is 39.3 Å². The van der Waals surface area contributed by atoms with E-state index in [1.165, 1.54) is 0 Å². The van der Waals surface area contributed by atoms with E-state index >= 15 is 0 Å². The summed E-state index contributed by atoms with van der Waals surface area (Å²) in [6.07, 6.45) is 2.38. The van der Waals surface area contributed by atoms with Gasteiger partial charge in [-0.25, -0.2) is 0 Å². The summed E-state index contributed by atoms with van der Waals surface area (Å²) in [6.45, 7) is 14.9. The predicted molar refractivity (Wildman–Crippen MR) is 145 cm³/mol. The van der Waals surface area contributed by atoms with E-state index < -0.39 is 35.2 Å². The normalized spacial score (nSPS) is 17.2. The van der Waals surface area contributed by atoms with E-state index in [4.69, 9.17) is 48.1 Å². The Kier molecular flexibility index (Phi) is 15.1. The zero-order chi connectivity index (χ0) is 23.4. The first-order valence-electron chi connectivity index (χ1n) is 10.9. The van der Waals surface area contributed by atoms with Crippen LogP contribution in [0.1, 0.15) is 19.3 Å². The molecule has 3 unspecified atom stereocenters. The molecule has 0 amide bonds. The second-order valence-corrected chi connectivity index (χ2v) is 22.3. The molecular weight excluding hydrogens is 519 g/mol. The average molecular weight is 557 g/mol. The van der Waals surface area contributed by atoms with Gasteiger partial charge in [0.1, 0.15) is 0 Å². The van der Waals surface area contributed by atoms with Crippen LogP contribution in [0.15, 0.2) is 30.3 Å². The van der Waals surface area contributed by atoms with Crippen molar-refractivity contribution < 1.29 is 13.3 Å². The van der Waals surface area contributed by atoms with Gasteiger partial charge in [0.15, 0.2) is 0 Å².